The highest BCUT2D eigenvalue weighted by Crippen LogP contribution is 2.28. The van der Waals surface area contributed by atoms with E-state index >= 15 is 0 Å². The van der Waals surface area contributed by atoms with Crippen LogP contribution in [0.1, 0.15) is 17.2 Å². The summed E-state index contributed by atoms with van der Waals surface area (Å²) in [5, 5.41) is 36.3. The molecule has 2 aromatic rings. The molecule has 0 aliphatic carbocycles. The van der Waals surface area contributed by atoms with Crippen molar-refractivity contribution in [1.29, 1.82) is 5.26 Å². The second kappa shape index (κ2) is 6.14. The molecular weight excluding hydrogens is 278 g/mol. The highest BCUT2D eigenvalue weighted by atomic mass is 32.1. The molecule has 2 N–H and O–H groups in total. The molecule has 0 aliphatic heterocycles. The maximum Gasteiger partial charge on any atom is 0.309 e. The van der Waals surface area contributed by atoms with E-state index in [9.17, 15) is 15.2 Å². The molecular formula is C13H11N3O3S. The van der Waals surface area contributed by atoms with Crippen molar-refractivity contribution in [2.75, 3.05) is 11.9 Å². The molecule has 102 valence electrons. The number of aliphatic hydroxyl groups is 1. The normalized spacial score (nSPS) is 11.6. The molecule has 2 rings (SSSR count). The molecule has 0 saturated carbocycles. The van der Waals surface area contributed by atoms with Gasteiger partial charge in [0, 0.05) is 6.54 Å². The van der Waals surface area contributed by atoms with Crippen LogP contribution >= 0.6 is 11.3 Å². The SMILES string of the molecule is N#Cc1cccc(NCC(O)c2ccsc2)c1[N+](=O)[O-]. The second-order valence-corrected chi connectivity index (χ2v) is 4.80. The Morgan fingerprint density at radius 2 is 2.30 bits per heavy atom. The maximum atomic E-state index is 11.0. The molecule has 1 aromatic heterocycles. The van der Waals surface area contributed by atoms with Crippen LogP contribution in [0.25, 0.3) is 0 Å². The Bertz CT molecular complexity index is 649. The Hall–Kier alpha value is -2.43. The van der Waals surface area contributed by atoms with Crippen molar-refractivity contribution in [1.82, 2.24) is 0 Å². The Balaban J connectivity index is 2.18. The van der Waals surface area contributed by atoms with Crippen molar-refractivity contribution in [2.45, 2.75) is 6.10 Å². The summed E-state index contributed by atoms with van der Waals surface area (Å²) in [6, 6.07) is 8.04. The van der Waals surface area contributed by atoms with E-state index in [0.29, 0.717) is 0 Å². The zero-order valence-corrected chi connectivity index (χ0v) is 11.1. The molecule has 0 amide bonds. The van der Waals surface area contributed by atoms with Crippen molar-refractivity contribution in [3.8, 4) is 6.07 Å². The topological polar surface area (TPSA) is 99.2 Å². The summed E-state index contributed by atoms with van der Waals surface area (Å²) in [5.41, 5.74) is 0.697. The molecule has 1 aromatic carbocycles. The summed E-state index contributed by atoms with van der Waals surface area (Å²) < 4.78 is 0. The number of hydrogen-bond acceptors (Lipinski definition) is 6. The van der Waals surface area contributed by atoms with Gasteiger partial charge in [-0.2, -0.15) is 16.6 Å². The smallest absolute Gasteiger partial charge is 0.309 e. The minimum Gasteiger partial charge on any atom is -0.387 e. The number of para-hydroxylation sites is 1. The number of aliphatic hydroxyl groups excluding tert-OH is 1. The number of rotatable bonds is 5. The Labute approximate surface area is 119 Å². The van der Waals surface area contributed by atoms with E-state index < -0.39 is 11.0 Å². The van der Waals surface area contributed by atoms with Crippen LogP contribution in [0.15, 0.2) is 35.0 Å². The number of nitro benzene ring substituents is 1. The van der Waals surface area contributed by atoms with Crippen molar-refractivity contribution in [3.05, 3.63) is 56.3 Å². The lowest BCUT2D eigenvalue weighted by Crippen LogP contribution is -2.12. The largest absolute Gasteiger partial charge is 0.387 e. The molecule has 0 fully saturated rings. The van der Waals surface area contributed by atoms with Gasteiger partial charge in [0.2, 0.25) is 0 Å². The third-order valence-corrected chi connectivity index (χ3v) is 3.45. The highest BCUT2D eigenvalue weighted by molar-refractivity contribution is 7.07. The monoisotopic (exact) mass is 289 g/mol. The molecule has 7 heteroatoms. The fraction of sp³-hybridized carbons (Fsp3) is 0.154. The van der Waals surface area contributed by atoms with Crippen molar-refractivity contribution < 1.29 is 10.0 Å². The van der Waals surface area contributed by atoms with Gasteiger partial charge in [-0.3, -0.25) is 10.1 Å². The maximum absolute atomic E-state index is 11.0. The summed E-state index contributed by atoms with van der Waals surface area (Å²) >= 11 is 1.46. The third-order valence-electron chi connectivity index (χ3n) is 2.75. The number of nitriles is 1. The first-order valence-corrected chi connectivity index (χ1v) is 6.69. The summed E-state index contributed by atoms with van der Waals surface area (Å²) in [6.45, 7) is 0.131. The Morgan fingerprint density at radius 1 is 1.50 bits per heavy atom. The van der Waals surface area contributed by atoms with Gasteiger partial charge in [0.25, 0.3) is 0 Å². The standard InChI is InChI=1S/C13H11N3O3S/c14-6-9-2-1-3-11(13(9)16(18)19)15-7-12(17)10-4-5-20-8-10/h1-5,8,12,15,17H,7H2. The number of anilines is 1. The second-order valence-electron chi connectivity index (χ2n) is 4.02. The predicted octanol–water partition coefficient (Wildman–Crippen LogP) is 2.67. The predicted molar refractivity (Wildman–Crippen MR) is 75.6 cm³/mol. The third kappa shape index (κ3) is 2.93. The first-order valence-electron chi connectivity index (χ1n) is 5.75. The van der Waals surface area contributed by atoms with Gasteiger partial charge in [-0.25, -0.2) is 0 Å². The molecule has 1 atom stereocenters. The van der Waals surface area contributed by atoms with E-state index in [2.05, 4.69) is 5.32 Å². The Kier molecular flexibility index (Phi) is 4.30. The van der Waals surface area contributed by atoms with E-state index in [1.54, 1.807) is 18.2 Å². The number of nitrogens with zero attached hydrogens (tertiary/aromatic N) is 2. The van der Waals surface area contributed by atoms with Gasteiger partial charge in [-0.15, -0.1) is 0 Å². The van der Waals surface area contributed by atoms with Gasteiger partial charge >= 0.3 is 5.69 Å². The first-order chi connectivity index (χ1) is 9.63. The van der Waals surface area contributed by atoms with Gasteiger partial charge in [0.15, 0.2) is 0 Å². The molecule has 0 aliphatic rings. The number of thiophene rings is 1. The van der Waals surface area contributed by atoms with Crippen LogP contribution in [0.4, 0.5) is 11.4 Å². The number of hydrogen-bond donors (Lipinski definition) is 2. The van der Waals surface area contributed by atoms with E-state index in [-0.39, 0.29) is 23.5 Å². The van der Waals surface area contributed by atoms with E-state index in [0.717, 1.165) is 5.56 Å². The van der Waals surface area contributed by atoms with Crippen molar-refractivity contribution >= 4 is 22.7 Å². The van der Waals surface area contributed by atoms with Gasteiger partial charge in [0.05, 0.1) is 11.0 Å². The average Bonchev–Trinajstić information content (AvgIpc) is 2.98. The number of nitro groups is 1. The molecule has 0 spiro atoms. The molecule has 6 nitrogen and oxygen atoms in total. The summed E-state index contributed by atoms with van der Waals surface area (Å²) in [6.07, 6.45) is -0.758. The van der Waals surface area contributed by atoms with Crippen LogP contribution in [-0.2, 0) is 0 Å². The fourth-order valence-corrected chi connectivity index (χ4v) is 2.47. The molecule has 0 saturated heterocycles. The van der Waals surface area contributed by atoms with Gasteiger partial charge in [0.1, 0.15) is 17.3 Å². The van der Waals surface area contributed by atoms with Gasteiger partial charge in [-0.1, -0.05) is 6.07 Å². The summed E-state index contributed by atoms with van der Waals surface area (Å²) in [5.74, 6) is 0. The molecule has 1 heterocycles. The highest BCUT2D eigenvalue weighted by Gasteiger charge is 2.20. The van der Waals surface area contributed by atoms with Gasteiger partial charge in [-0.05, 0) is 34.5 Å². The Morgan fingerprint density at radius 3 is 2.90 bits per heavy atom. The van der Waals surface area contributed by atoms with Crippen LogP contribution in [-0.4, -0.2) is 16.6 Å². The van der Waals surface area contributed by atoms with Crippen LogP contribution in [0.3, 0.4) is 0 Å². The van der Waals surface area contributed by atoms with Gasteiger partial charge < -0.3 is 10.4 Å². The van der Waals surface area contributed by atoms with E-state index in [1.165, 1.54) is 23.5 Å². The van der Waals surface area contributed by atoms with Crippen LogP contribution < -0.4 is 5.32 Å². The number of benzene rings is 1. The fourth-order valence-electron chi connectivity index (χ4n) is 1.76. The molecule has 20 heavy (non-hydrogen) atoms. The van der Waals surface area contributed by atoms with Crippen LogP contribution in [0.2, 0.25) is 0 Å². The minimum atomic E-state index is -0.758. The first kappa shape index (κ1) is 14.0. The molecule has 1 unspecified atom stereocenters. The zero-order chi connectivity index (χ0) is 14.5. The lowest BCUT2D eigenvalue weighted by atomic mass is 10.1. The quantitative estimate of drug-likeness (QED) is 0.651. The number of nitrogens with one attached hydrogen (secondary N) is 1. The van der Waals surface area contributed by atoms with Crippen molar-refractivity contribution in [3.63, 3.8) is 0 Å². The molecule has 0 bridgehead atoms. The zero-order valence-electron chi connectivity index (χ0n) is 10.3. The van der Waals surface area contributed by atoms with E-state index in [1.807, 2.05) is 10.8 Å². The summed E-state index contributed by atoms with van der Waals surface area (Å²) in [4.78, 5) is 10.4. The van der Waals surface area contributed by atoms with E-state index in [4.69, 9.17) is 5.26 Å². The lowest BCUT2D eigenvalue weighted by molar-refractivity contribution is -0.384. The van der Waals surface area contributed by atoms with Crippen molar-refractivity contribution in [2.24, 2.45) is 0 Å². The lowest BCUT2D eigenvalue weighted by Gasteiger charge is -2.12. The minimum absolute atomic E-state index is 0.00924. The summed E-state index contributed by atoms with van der Waals surface area (Å²) in [7, 11) is 0. The molecule has 0 radical (unpaired) electrons. The van der Waals surface area contributed by atoms with Crippen LogP contribution in [0.5, 0.6) is 0 Å². The average molecular weight is 289 g/mol. The van der Waals surface area contributed by atoms with Crippen LogP contribution in [0, 0.1) is 21.4 Å².